The normalized spacial score (nSPS) is 21.3. The van der Waals surface area contributed by atoms with E-state index in [2.05, 4.69) is 21.7 Å². The fraction of sp³-hybridized carbons (Fsp3) is 0.605. The van der Waals surface area contributed by atoms with Gasteiger partial charge in [0.2, 0.25) is 11.9 Å². The number of fused-ring (bicyclic) bond motifs is 1. The van der Waals surface area contributed by atoms with Gasteiger partial charge < -0.3 is 14.2 Å². The third-order valence-corrected chi connectivity index (χ3v) is 11.6. The van der Waals surface area contributed by atoms with E-state index in [4.69, 9.17) is 14.2 Å². The Bertz CT molecular complexity index is 1590. The fourth-order valence-electron chi connectivity index (χ4n) is 8.42. The molecule has 3 saturated carbocycles. The average molecular weight is 743 g/mol. The number of hydrogen-bond acceptors (Lipinski definition) is 8. The van der Waals surface area contributed by atoms with Crippen LogP contribution in [0.1, 0.15) is 109 Å². The first-order chi connectivity index (χ1) is 26.4. The summed E-state index contributed by atoms with van der Waals surface area (Å²) in [4.78, 5) is 58.3. The van der Waals surface area contributed by atoms with E-state index in [9.17, 15) is 19.2 Å². The number of alkyl carbamates (subject to hydrolysis) is 2. The van der Waals surface area contributed by atoms with Gasteiger partial charge in [-0.25, -0.2) is 9.59 Å². The molecular weight excluding hydrogens is 684 g/mol. The minimum atomic E-state index is -0.672. The Labute approximate surface area is 319 Å². The lowest BCUT2D eigenvalue weighted by Crippen LogP contribution is -2.63. The molecule has 11 nitrogen and oxygen atoms in total. The number of benzene rings is 2. The second kappa shape index (κ2) is 20.3. The lowest BCUT2D eigenvalue weighted by Gasteiger charge is -2.44. The Balaban J connectivity index is 1.05. The lowest BCUT2D eigenvalue weighted by molar-refractivity contribution is -0.164. The van der Waals surface area contributed by atoms with Gasteiger partial charge in [-0.05, 0) is 92.0 Å². The van der Waals surface area contributed by atoms with Crippen molar-refractivity contribution in [2.75, 3.05) is 26.4 Å². The lowest BCUT2D eigenvalue weighted by atomic mass is 9.81. The van der Waals surface area contributed by atoms with Gasteiger partial charge in [-0.3, -0.25) is 30.1 Å². The Kier molecular flexibility index (Phi) is 14.8. The molecule has 11 heteroatoms. The summed E-state index contributed by atoms with van der Waals surface area (Å²) in [6.45, 7) is 0.660. The van der Waals surface area contributed by atoms with Crippen LogP contribution in [0.3, 0.4) is 0 Å². The second-order valence-electron chi connectivity index (χ2n) is 15.6. The molecular formula is C43H58N4O7. The molecule has 1 saturated heterocycles. The first kappa shape index (κ1) is 39.3. The van der Waals surface area contributed by atoms with Crippen LogP contribution in [0.4, 0.5) is 9.59 Å². The van der Waals surface area contributed by atoms with Crippen LogP contribution in [0.15, 0.2) is 59.6 Å². The average Bonchev–Trinajstić information content (AvgIpc) is 3.20. The number of β-lactam (4-membered cyclic amide) rings is 1. The largest absolute Gasteiger partial charge is 0.484 e. The van der Waals surface area contributed by atoms with Gasteiger partial charge in [-0.1, -0.05) is 100 Å². The first-order valence-corrected chi connectivity index (χ1v) is 20.5. The third-order valence-electron chi connectivity index (χ3n) is 11.6. The standard InChI is InChI=1S/C43H58N4O7/c48-39(30-52-36-24-23-34-19-10-11-20-35(34)27-36)47-38(25-22-31-13-4-1-5-14-31)37(40(47)49)21-12-26-44-41(45-42(50)53-28-32-15-6-2-7-16-32)46-43(51)54-29-33-17-8-3-9-18-33/h10-11,19-20,22-25,27,31-33,37-38H,1-9,12-18,21,26,28-30H2,(H2,44,45,46,50,51)/t37-,38+/m1/s1. The zero-order valence-electron chi connectivity index (χ0n) is 31.7. The van der Waals surface area contributed by atoms with Gasteiger partial charge >= 0.3 is 12.2 Å². The zero-order valence-corrected chi connectivity index (χ0v) is 31.7. The van der Waals surface area contributed by atoms with E-state index >= 15 is 0 Å². The molecule has 0 aromatic heterocycles. The van der Waals surface area contributed by atoms with E-state index in [-0.39, 0.29) is 42.9 Å². The number of allylic oxidation sites excluding steroid dienone is 1. The molecule has 1 heterocycles. The third kappa shape index (κ3) is 11.5. The van der Waals surface area contributed by atoms with Crippen molar-refractivity contribution in [1.82, 2.24) is 15.5 Å². The number of imide groups is 1. The van der Waals surface area contributed by atoms with Crippen molar-refractivity contribution in [1.29, 1.82) is 0 Å². The summed E-state index contributed by atoms with van der Waals surface area (Å²) in [5.41, 5.74) is 0. The predicted octanol–water partition coefficient (Wildman–Crippen LogP) is 8.46. The topological polar surface area (TPSA) is 136 Å². The highest BCUT2D eigenvalue weighted by atomic mass is 16.6. The predicted molar refractivity (Wildman–Crippen MR) is 208 cm³/mol. The molecule has 2 aromatic rings. The summed E-state index contributed by atoms with van der Waals surface area (Å²) < 4.78 is 16.9. The van der Waals surface area contributed by atoms with Crippen LogP contribution in [0, 0.1) is 23.7 Å². The van der Waals surface area contributed by atoms with Crippen LogP contribution < -0.4 is 15.4 Å². The molecule has 0 spiro atoms. The van der Waals surface area contributed by atoms with E-state index in [0.29, 0.717) is 49.6 Å². The van der Waals surface area contributed by atoms with Gasteiger partial charge in [0.15, 0.2) is 6.61 Å². The molecule has 1 aliphatic heterocycles. The molecule has 2 atom stereocenters. The highest BCUT2D eigenvalue weighted by molar-refractivity contribution is 6.03. The maximum atomic E-state index is 13.5. The van der Waals surface area contributed by atoms with Crippen molar-refractivity contribution in [2.45, 2.75) is 115 Å². The minimum Gasteiger partial charge on any atom is -0.484 e. The van der Waals surface area contributed by atoms with E-state index in [1.54, 1.807) is 0 Å². The van der Waals surface area contributed by atoms with Gasteiger partial charge in [0.25, 0.3) is 5.91 Å². The number of carbonyl (C=O) groups excluding carboxylic acids is 4. The molecule has 0 radical (unpaired) electrons. The number of nitrogens with zero attached hydrogens (tertiary/aromatic N) is 2. The number of nitrogens with one attached hydrogen (secondary N) is 2. The molecule has 3 aliphatic carbocycles. The van der Waals surface area contributed by atoms with Crippen LogP contribution >= 0.6 is 0 Å². The van der Waals surface area contributed by atoms with Crippen LogP contribution in [0.5, 0.6) is 5.75 Å². The van der Waals surface area contributed by atoms with E-state index in [1.165, 1.54) is 37.0 Å². The number of carbonyl (C=O) groups is 4. The fourth-order valence-corrected chi connectivity index (χ4v) is 8.42. The van der Waals surface area contributed by atoms with Crippen molar-refractivity contribution in [2.24, 2.45) is 28.7 Å². The minimum absolute atomic E-state index is 0.0337. The number of amides is 4. The smallest absolute Gasteiger partial charge is 0.413 e. The first-order valence-electron chi connectivity index (χ1n) is 20.5. The van der Waals surface area contributed by atoms with Crippen LogP contribution in [0.25, 0.3) is 10.8 Å². The van der Waals surface area contributed by atoms with Gasteiger partial charge in [-0.15, -0.1) is 0 Å². The Morgan fingerprint density at radius 2 is 1.33 bits per heavy atom. The van der Waals surface area contributed by atoms with E-state index in [1.807, 2.05) is 48.5 Å². The number of likely N-dealkylation sites (tertiary alicyclic amines) is 1. The van der Waals surface area contributed by atoms with Crippen LogP contribution in [0.2, 0.25) is 0 Å². The highest BCUT2D eigenvalue weighted by Crippen LogP contribution is 2.34. The molecule has 6 rings (SSSR count). The summed E-state index contributed by atoms with van der Waals surface area (Å²) in [5, 5.41) is 7.31. The molecule has 2 N–H and O–H groups in total. The highest BCUT2D eigenvalue weighted by Gasteiger charge is 2.48. The van der Waals surface area contributed by atoms with Gasteiger partial charge in [0, 0.05) is 6.54 Å². The van der Waals surface area contributed by atoms with E-state index < -0.39 is 12.2 Å². The van der Waals surface area contributed by atoms with Gasteiger partial charge in [0.05, 0.1) is 25.2 Å². The van der Waals surface area contributed by atoms with Crippen molar-refractivity contribution in [3.63, 3.8) is 0 Å². The van der Waals surface area contributed by atoms with Crippen molar-refractivity contribution in [3.8, 4) is 5.75 Å². The van der Waals surface area contributed by atoms with Crippen molar-refractivity contribution in [3.05, 3.63) is 54.6 Å². The summed E-state index contributed by atoms with van der Waals surface area (Å²) in [7, 11) is 0. The van der Waals surface area contributed by atoms with Gasteiger partial charge in [-0.2, -0.15) is 0 Å². The summed E-state index contributed by atoms with van der Waals surface area (Å²) in [6.07, 6.45) is 20.9. The summed E-state index contributed by atoms with van der Waals surface area (Å²) in [6, 6.07) is 13.3. The molecule has 4 fully saturated rings. The molecule has 292 valence electrons. The molecule has 2 aromatic carbocycles. The quantitative estimate of drug-likeness (QED) is 0.0691. The molecule has 54 heavy (non-hydrogen) atoms. The van der Waals surface area contributed by atoms with Crippen molar-refractivity contribution >= 4 is 40.7 Å². The van der Waals surface area contributed by atoms with Crippen molar-refractivity contribution < 1.29 is 33.4 Å². The Morgan fingerprint density at radius 1 is 0.741 bits per heavy atom. The SMILES string of the molecule is O=C(NC(=NCCC[C@H]1C(=O)N(C(=O)COc2ccc3ccccc3c2)[C@H]1C=CC1CCCCC1)NC(=O)OCC1CCCCC1)OCC1CCCCC1. The monoisotopic (exact) mass is 742 g/mol. The molecule has 0 unspecified atom stereocenters. The number of guanidine groups is 1. The second-order valence-corrected chi connectivity index (χ2v) is 15.6. The number of hydrogen-bond donors (Lipinski definition) is 2. The molecule has 4 amide bonds. The van der Waals surface area contributed by atoms with E-state index in [0.717, 1.165) is 75.0 Å². The number of aliphatic imine (C=N–C) groups is 1. The number of ether oxygens (including phenoxy) is 3. The van der Waals surface area contributed by atoms with Crippen LogP contribution in [-0.2, 0) is 19.1 Å². The Hall–Kier alpha value is -4.41. The zero-order chi connectivity index (χ0) is 37.5. The number of rotatable bonds is 13. The summed E-state index contributed by atoms with van der Waals surface area (Å²) >= 11 is 0. The molecule has 0 bridgehead atoms. The molecule has 4 aliphatic rings. The van der Waals surface area contributed by atoms with Crippen LogP contribution in [-0.4, -0.2) is 67.3 Å². The Morgan fingerprint density at radius 3 is 1.96 bits per heavy atom. The van der Waals surface area contributed by atoms with Gasteiger partial charge in [0.1, 0.15) is 5.75 Å². The maximum absolute atomic E-state index is 13.5. The maximum Gasteiger partial charge on any atom is 0.413 e. The summed E-state index contributed by atoms with van der Waals surface area (Å²) in [5.74, 6) is 0.704.